The van der Waals surface area contributed by atoms with Gasteiger partial charge < -0.3 is 0 Å². The predicted molar refractivity (Wildman–Crippen MR) is 101 cm³/mol. The molecular formula is C17H19N5O3S. The molecule has 0 aromatic carbocycles. The topological polar surface area (TPSA) is 110 Å². The maximum absolute atomic E-state index is 12.8. The number of pyridine rings is 1. The Labute approximate surface area is 152 Å². The van der Waals surface area contributed by atoms with Crippen LogP contribution in [0.1, 0.15) is 47.6 Å². The zero-order valence-electron chi connectivity index (χ0n) is 14.9. The highest BCUT2D eigenvalue weighted by molar-refractivity contribution is 7.15. The second-order valence-corrected chi connectivity index (χ2v) is 7.42. The van der Waals surface area contributed by atoms with Gasteiger partial charge in [-0.05, 0) is 25.8 Å². The Hall–Kier alpha value is -2.81. The summed E-state index contributed by atoms with van der Waals surface area (Å²) in [6.45, 7) is 7.86. The highest BCUT2D eigenvalue weighted by Gasteiger charge is 2.20. The van der Waals surface area contributed by atoms with Gasteiger partial charge in [-0.25, -0.2) is 14.8 Å². The summed E-state index contributed by atoms with van der Waals surface area (Å²) in [5, 5.41) is 3.26. The van der Waals surface area contributed by atoms with E-state index < -0.39 is 17.2 Å². The van der Waals surface area contributed by atoms with Crippen LogP contribution >= 0.6 is 11.3 Å². The molecule has 26 heavy (non-hydrogen) atoms. The number of aryl methyl sites for hydroxylation is 2. The van der Waals surface area contributed by atoms with E-state index in [0.717, 1.165) is 4.88 Å². The van der Waals surface area contributed by atoms with Crippen LogP contribution in [0.15, 0.2) is 21.9 Å². The lowest BCUT2D eigenvalue weighted by molar-refractivity contribution is 0.102. The standard InChI is InChI=1S/C17H19N5O3S/c1-5-22-13-12(15(24)21-17(22)25)10(6-11(19-13)8(2)3)14(23)20-16-18-7-9(4)26-16/h6-8H,5H2,1-4H3,(H,18,20,23)(H,21,24,25). The lowest BCUT2D eigenvalue weighted by Crippen LogP contribution is -2.32. The largest absolute Gasteiger partial charge is 0.329 e. The van der Waals surface area contributed by atoms with Crippen molar-refractivity contribution in [2.24, 2.45) is 0 Å². The molecule has 1 amide bonds. The van der Waals surface area contributed by atoms with Gasteiger partial charge in [-0.3, -0.25) is 24.5 Å². The van der Waals surface area contributed by atoms with Crippen molar-refractivity contribution >= 4 is 33.4 Å². The number of amides is 1. The lowest BCUT2D eigenvalue weighted by Gasteiger charge is -2.13. The van der Waals surface area contributed by atoms with E-state index in [4.69, 9.17) is 0 Å². The van der Waals surface area contributed by atoms with E-state index in [9.17, 15) is 14.4 Å². The number of rotatable bonds is 4. The Bertz CT molecular complexity index is 1110. The van der Waals surface area contributed by atoms with Gasteiger partial charge in [-0.15, -0.1) is 11.3 Å². The normalized spacial score (nSPS) is 11.3. The molecule has 0 aliphatic carbocycles. The molecule has 0 unspecified atom stereocenters. The molecule has 3 heterocycles. The minimum Gasteiger partial charge on any atom is -0.298 e. The summed E-state index contributed by atoms with van der Waals surface area (Å²) in [5.41, 5.74) is -0.147. The Morgan fingerprint density at radius 2 is 2.12 bits per heavy atom. The van der Waals surface area contributed by atoms with Gasteiger partial charge in [0.25, 0.3) is 11.5 Å². The highest BCUT2D eigenvalue weighted by atomic mass is 32.1. The van der Waals surface area contributed by atoms with E-state index in [-0.39, 0.29) is 22.5 Å². The van der Waals surface area contributed by atoms with E-state index in [1.54, 1.807) is 19.2 Å². The quantitative estimate of drug-likeness (QED) is 0.729. The van der Waals surface area contributed by atoms with Crippen LogP contribution in [0.5, 0.6) is 0 Å². The Balaban J connectivity index is 2.27. The summed E-state index contributed by atoms with van der Waals surface area (Å²) in [7, 11) is 0. The van der Waals surface area contributed by atoms with E-state index in [0.29, 0.717) is 17.4 Å². The molecule has 0 fully saturated rings. The van der Waals surface area contributed by atoms with Gasteiger partial charge in [0.15, 0.2) is 10.8 Å². The minimum absolute atomic E-state index is 0.0211. The molecular weight excluding hydrogens is 354 g/mol. The van der Waals surface area contributed by atoms with Gasteiger partial charge >= 0.3 is 5.69 Å². The summed E-state index contributed by atoms with van der Waals surface area (Å²) >= 11 is 1.34. The van der Waals surface area contributed by atoms with E-state index in [2.05, 4.69) is 20.3 Å². The molecule has 3 aromatic heterocycles. The second kappa shape index (κ2) is 6.83. The first kappa shape index (κ1) is 18.0. The number of carbonyl (C=O) groups is 1. The van der Waals surface area contributed by atoms with Gasteiger partial charge in [0.05, 0.1) is 10.9 Å². The maximum Gasteiger partial charge on any atom is 0.329 e. The van der Waals surface area contributed by atoms with Crippen LogP contribution in [0.3, 0.4) is 0 Å². The average molecular weight is 373 g/mol. The van der Waals surface area contributed by atoms with Crippen molar-refractivity contribution in [3.8, 4) is 0 Å². The predicted octanol–water partition coefficient (Wildman–Crippen LogP) is 2.25. The third kappa shape index (κ3) is 3.17. The first-order chi connectivity index (χ1) is 12.3. The van der Waals surface area contributed by atoms with Crippen molar-refractivity contribution in [3.63, 3.8) is 0 Å². The second-order valence-electron chi connectivity index (χ2n) is 6.18. The van der Waals surface area contributed by atoms with E-state index in [1.165, 1.54) is 15.9 Å². The van der Waals surface area contributed by atoms with Crippen LogP contribution in [-0.2, 0) is 6.54 Å². The van der Waals surface area contributed by atoms with Gasteiger partial charge in [-0.1, -0.05) is 13.8 Å². The SMILES string of the molecule is CCn1c(=O)[nH]c(=O)c2c(C(=O)Nc3ncc(C)s3)cc(C(C)C)nc21. The monoisotopic (exact) mass is 373 g/mol. The van der Waals surface area contributed by atoms with Crippen LogP contribution < -0.4 is 16.6 Å². The molecule has 0 saturated heterocycles. The molecule has 136 valence electrons. The number of hydrogen-bond acceptors (Lipinski definition) is 6. The van der Waals surface area contributed by atoms with Crippen molar-refractivity contribution in [1.82, 2.24) is 19.5 Å². The smallest absolute Gasteiger partial charge is 0.298 e. The summed E-state index contributed by atoms with van der Waals surface area (Å²) in [5.74, 6) is -0.437. The molecule has 9 heteroatoms. The van der Waals surface area contributed by atoms with Crippen molar-refractivity contribution in [3.05, 3.63) is 49.2 Å². The van der Waals surface area contributed by atoms with Crippen LogP contribution in [0.4, 0.5) is 5.13 Å². The summed E-state index contributed by atoms with van der Waals surface area (Å²) in [4.78, 5) is 49.2. The number of aromatic amines is 1. The zero-order valence-corrected chi connectivity index (χ0v) is 15.7. The third-order valence-corrected chi connectivity index (χ3v) is 4.79. The average Bonchev–Trinajstić information content (AvgIpc) is 2.98. The van der Waals surface area contributed by atoms with E-state index >= 15 is 0 Å². The van der Waals surface area contributed by atoms with Crippen LogP contribution in [0.2, 0.25) is 0 Å². The number of anilines is 1. The van der Waals surface area contributed by atoms with Gasteiger partial charge in [0, 0.05) is 23.3 Å². The maximum atomic E-state index is 12.8. The van der Waals surface area contributed by atoms with Gasteiger partial charge in [0.1, 0.15) is 0 Å². The van der Waals surface area contributed by atoms with Crippen LogP contribution in [0.25, 0.3) is 11.0 Å². The molecule has 0 aliphatic heterocycles. The highest BCUT2D eigenvalue weighted by Crippen LogP contribution is 2.22. The Morgan fingerprint density at radius 1 is 1.38 bits per heavy atom. The summed E-state index contributed by atoms with van der Waals surface area (Å²) in [6, 6.07) is 1.60. The van der Waals surface area contributed by atoms with Crippen LogP contribution in [0, 0.1) is 6.92 Å². The molecule has 0 aliphatic rings. The fraction of sp³-hybridized carbons (Fsp3) is 0.353. The molecule has 8 nitrogen and oxygen atoms in total. The van der Waals surface area contributed by atoms with Crippen LogP contribution in [-0.4, -0.2) is 25.4 Å². The number of fused-ring (bicyclic) bond motifs is 1. The van der Waals surface area contributed by atoms with Crippen molar-refractivity contribution in [1.29, 1.82) is 0 Å². The molecule has 0 radical (unpaired) electrons. The van der Waals surface area contributed by atoms with Crippen molar-refractivity contribution in [2.45, 2.75) is 40.2 Å². The minimum atomic E-state index is -0.627. The number of carbonyl (C=O) groups excluding carboxylic acids is 1. The summed E-state index contributed by atoms with van der Waals surface area (Å²) in [6.07, 6.45) is 1.66. The van der Waals surface area contributed by atoms with Crippen molar-refractivity contribution < 1.29 is 4.79 Å². The molecule has 0 saturated carbocycles. The molecule has 0 bridgehead atoms. The number of nitrogens with one attached hydrogen (secondary N) is 2. The van der Waals surface area contributed by atoms with Crippen molar-refractivity contribution in [2.75, 3.05) is 5.32 Å². The lowest BCUT2D eigenvalue weighted by atomic mass is 10.0. The molecule has 3 rings (SSSR count). The molecule has 0 atom stereocenters. The summed E-state index contributed by atoms with van der Waals surface area (Å²) < 4.78 is 1.35. The van der Waals surface area contributed by atoms with Gasteiger partial charge in [0.2, 0.25) is 0 Å². The van der Waals surface area contributed by atoms with Gasteiger partial charge in [-0.2, -0.15) is 0 Å². The Kier molecular flexibility index (Phi) is 4.73. The van der Waals surface area contributed by atoms with E-state index in [1.807, 2.05) is 20.8 Å². The first-order valence-electron chi connectivity index (χ1n) is 8.23. The molecule has 2 N–H and O–H groups in total. The number of thiazole rings is 1. The fourth-order valence-corrected chi connectivity index (χ4v) is 3.30. The number of aromatic nitrogens is 4. The number of H-pyrrole nitrogens is 1. The third-order valence-electron chi connectivity index (χ3n) is 3.96. The number of nitrogens with zero attached hydrogens (tertiary/aromatic N) is 3. The number of hydrogen-bond donors (Lipinski definition) is 2. The zero-order chi connectivity index (χ0) is 19.0. The molecule has 0 spiro atoms. The first-order valence-corrected chi connectivity index (χ1v) is 9.05. The fourth-order valence-electron chi connectivity index (χ4n) is 2.64. The Morgan fingerprint density at radius 3 is 2.69 bits per heavy atom. The molecule has 3 aromatic rings.